The van der Waals surface area contributed by atoms with Crippen LogP contribution in [0.3, 0.4) is 0 Å². The van der Waals surface area contributed by atoms with Crippen molar-refractivity contribution in [3.8, 4) is 22.6 Å². The van der Waals surface area contributed by atoms with Crippen molar-refractivity contribution >= 4 is 34.1 Å². The summed E-state index contributed by atoms with van der Waals surface area (Å²) in [6.07, 6.45) is 7.90. The number of hydrogen-bond donors (Lipinski definition) is 1. The van der Waals surface area contributed by atoms with E-state index < -0.39 is 5.82 Å². The normalized spacial score (nSPS) is 15.0. The highest BCUT2D eigenvalue weighted by atomic mass is 19.1. The molecule has 3 aromatic heterocycles. The Kier molecular flexibility index (Phi) is 9.20. The third-order valence-electron chi connectivity index (χ3n) is 9.51. The van der Waals surface area contributed by atoms with Crippen LogP contribution >= 0.6 is 0 Å². The number of fused-ring (bicyclic) bond motifs is 1. The van der Waals surface area contributed by atoms with Crippen LogP contribution in [0.5, 0.6) is 11.5 Å². The number of nitrogens with one attached hydrogen (secondary N) is 1. The zero-order chi connectivity index (χ0) is 34.8. The van der Waals surface area contributed by atoms with Crippen LogP contribution in [0.25, 0.3) is 27.6 Å². The van der Waals surface area contributed by atoms with Crippen molar-refractivity contribution in [2.75, 3.05) is 58.4 Å². The van der Waals surface area contributed by atoms with Gasteiger partial charge in [-0.1, -0.05) is 29.5 Å². The summed E-state index contributed by atoms with van der Waals surface area (Å²) in [7, 11) is 3.23. The zero-order valence-corrected chi connectivity index (χ0v) is 28.4. The second-order valence-electron chi connectivity index (χ2n) is 12.5. The maximum absolute atomic E-state index is 16.7. The molecule has 2 aromatic carbocycles. The second-order valence-corrected chi connectivity index (χ2v) is 12.5. The van der Waals surface area contributed by atoms with Crippen LogP contribution < -0.4 is 14.4 Å². The van der Waals surface area contributed by atoms with Crippen molar-refractivity contribution < 1.29 is 23.5 Å². The van der Waals surface area contributed by atoms with Gasteiger partial charge in [0, 0.05) is 74.6 Å². The molecule has 5 aromatic rings. The van der Waals surface area contributed by atoms with Crippen molar-refractivity contribution in [2.24, 2.45) is 0 Å². The van der Waals surface area contributed by atoms with Crippen LogP contribution in [-0.4, -0.2) is 100 Å². The summed E-state index contributed by atoms with van der Waals surface area (Å²) in [5, 5.41) is 8.32. The number of aromatic nitrogens is 5. The molecule has 0 radical (unpaired) electrons. The van der Waals surface area contributed by atoms with Crippen molar-refractivity contribution in [3.05, 3.63) is 89.8 Å². The Morgan fingerprint density at radius 3 is 2.52 bits per heavy atom. The predicted octanol–water partition coefficient (Wildman–Crippen LogP) is 4.95. The molecule has 50 heavy (non-hydrogen) atoms. The van der Waals surface area contributed by atoms with E-state index in [2.05, 4.69) is 25.2 Å². The van der Waals surface area contributed by atoms with Gasteiger partial charge in [0.2, 0.25) is 5.91 Å². The first-order valence-corrected chi connectivity index (χ1v) is 16.7. The number of amides is 2. The fraction of sp³-hybridized carbons (Fsp3) is 0.324. The molecule has 2 aliphatic heterocycles. The number of ether oxygens (including phenoxy) is 2. The second kappa shape index (κ2) is 14.0. The number of aryl methyl sites for hydroxylation is 2. The Balaban J connectivity index is 1.19. The SMILES string of the molecule is COc1ccccc1-c1cc(C2=CCCN(C(=O)CCn3ccnn3)C2)c(F)c2[nH]c(C(=O)N3CCN(c4nccc(C)c4OC)CC3)cc12. The zero-order valence-electron chi connectivity index (χ0n) is 28.4. The predicted molar refractivity (Wildman–Crippen MR) is 188 cm³/mol. The fourth-order valence-electron chi connectivity index (χ4n) is 6.87. The first-order valence-electron chi connectivity index (χ1n) is 16.7. The van der Waals surface area contributed by atoms with Gasteiger partial charge in [-0.05, 0) is 54.3 Å². The largest absolute Gasteiger partial charge is 0.496 e. The van der Waals surface area contributed by atoms with Crippen LogP contribution in [0.4, 0.5) is 10.2 Å². The standard InChI is InChI=1S/C37H39FN8O4/c1-24-10-12-39-36(35(24)50-3)43-17-19-44(20-18-43)37(48)30-22-29-28(26-8-4-5-9-31(26)49-2)21-27(33(38)34(29)41-30)25-7-6-14-45(23-25)32(47)11-15-46-16-13-40-42-46/h4-5,7-10,12-13,16,21-22,41H,6,11,14-15,17-20,23H2,1-3H3. The quantitative estimate of drug-likeness (QED) is 0.233. The van der Waals surface area contributed by atoms with E-state index >= 15 is 4.39 Å². The van der Waals surface area contributed by atoms with Gasteiger partial charge < -0.3 is 29.2 Å². The lowest BCUT2D eigenvalue weighted by atomic mass is 9.93. The van der Waals surface area contributed by atoms with E-state index in [4.69, 9.17) is 9.47 Å². The maximum Gasteiger partial charge on any atom is 0.270 e. The Hall–Kier alpha value is -5.72. The third-order valence-corrected chi connectivity index (χ3v) is 9.51. The molecular formula is C37H39FN8O4. The number of rotatable bonds is 9. The molecule has 0 bridgehead atoms. The number of carbonyl (C=O) groups excluding carboxylic acids is 2. The lowest BCUT2D eigenvalue weighted by molar-refractivity contribution is -0.131. The van der Waals surface area contributed by atoms with Crippen LogP contribution in [0.15, 0.2) is 67.1 Å². The third kappa shape index (κ3) is 6.26. The van der Waals surface area contributed by atoms with Crippen LogP contribution in [-0.2, 0) is 11.3 Å². The number of anilines is 1. The van der Waals surface area contributed by atoms with Crippen LogP contribution in [0.2, 0.25) is 0 Å². The van der Waals surface area contributed by atoms with Crippen molar-refractivity contribution in [1.29, 1.82) is 0 Å². The topological polar surface area (TPSA) is 122 Å². The minimum absolute atomic E-state index is 0.0398. The molecule has 2 aliphatic rings. The number of benzene rings is 2. The van der Waals surface area contributed by atoms with Gasteiger partial charge in [0.1, 0.15) is 11.4 Å². The first-order chi connectivity index (χ1) is 24.4. The van der Waals surface area contributed by atoms with Gasteiger partial charge in [-0.2, -0.15) is 0 Å². The molecule has 12 nitrogen and oxygen atoms in total. The van der Waals surface area contributed by atoms with E-state index in [1.807, 2.05) is 49.4 Å². The van der Waals surface area contributed by atoms with Gasteiger partial charge in [-0.15, -0.1) is 5.10 Å². The van der Waals surface area contributed by atoms with E-state index in [-0.39, 0.29) is 30.3 Å². The Bertz CT molecular complexity index is 2070. The van der Waals surface area contributed by atoms with Gasteiger partial charge >= 0.3 is 0 Å². The molecule has 5 heterocycles. The van der Waals surface area contributed by atoms with Gasteiger partial charge in [0.25, 0.3) is 5.91 Å². The first kappa shape index (κ1) is 32.8. The summed E-state index contributed by atoms with van der Waals surface area (Å²) in [6, 6.07) is 13.0. The molecule has 0 saturated carbocycles. The molecule has 1 N–H and O–H groups in total. The van der Waals surface area contributed by atoms with Crippen molar-refractivity contribution in [3.63, 3.8) is 0 Å². The number of carbonyl (C=O) groups is 2. The smallest absolute Gasteiger partial charge is 0.270 e. The average Bonchev–Trinajstić information content (AvgIpc) is 3.85. The summed E-state index contributed by atoms with van der Waals surface area (Å²) in [5.41, 5.74) is 4.10. The number of nitrogens with zero attached hydrogens (tertiary/aromatic N) is 7. The number of piperazine rings is 1. The molecular weight excluding hydrogens is 639 g/mol. The average molecular weight is 679 g/mol. The summed E-state index contributed by atoms with van der Waals surface area (Å²) in [6.45, 7) is 5.29. The van der Waals surface area contributed by atoms with Gasteiger partial charge in [0.05, 0.1) is 32.5 Å². The molecule has 258 valence electrons. The number of halogens is 1. The minimum atomic E-state index is -0.469. The number of H-pyrrole nitrogens is 1. The molecule has 1 fully saturated rings. The van der Waals surface area contributed by atoms with Crippen molar-refractivity contribution in [1.82, 2.24) is 34.8 Å². The monoisotopic (exact) mass is 678 g/mol. The number of pyridine rings is 1. The highest BCUT2D eigenvalue weighted by molar-refractivity contribution is 6.05. The Morgan fingerprint density at radius 1 is 0.940 bits per heavy atom. The lowest BCUT2D eigenvalue weighted by Gasteiger charge is -2.35. The minimum Gasteiger partial charge on any atom is -0.496 e. The van der Waals surface area contributed by atoms with Gasteiger partial charge in [-0.25, -0.2) is 9.37 Å². The number of hydrogen-bond acceptors (Lipinski definition) is 8. The molecule has 13 heteroatoms. The van der Waals surface area contributed by atoms with E-state index in [0.29, 0.717) is 73.7 Å². The van der Waals surface area contributed by atoms with Crippen LogP contribution in [0.1, 0.15) is 34.5 Å². The lowest BCUT2D eigenvalue weighted by Crippen LogP contribution is -2.49. The summed E-state index contributed by atoms with van der Waals surface area (Å²) < 4.78 is 29.6. The van der Waals surface area contributed by atoms with Gasteiger partial charge in [-0.3, -0.25) is 14.3 Å². The van der Waals surface area contributed by atoms with E-state index in [1.54, 1.807) is 53.4 Å². The molecule has 7 rings (SSSR count). The fourth-order valence-corrected chi connectivity index (χ4v) is 6.87. The maximum atomic E-state index is 16.7. The molecule has 0 spiro atoms. The van der Waals surface area contributed by atoms with Crippen LogP contribution in [0, 0.1) is 12.7 Å². The summed E-state index contributed by atoms with van der Waals surface area (Å²) in [4.78, 5) is 40.5. The number of methoxy groups -OCH3 is 2. The van der Waals surface area contributed by atoms with E-state index in [9.17, 15) is 9.59 Å². The Morgan fingerprint density at radius 2 is 1.76 bits per heavy atom. The summed E-state index contributed by atoms with van der Waals surface area (Å²) in [5.74, 6) is 1.39. The number of aromatic amines is 1. The molecule has 1 saturated heterocycles. The molecule has 0 atom stereocenters. The van der Waals surface area contributed by atoms with E-state index in [0.717, 1.165) is 28.3 Å². The van der Waals surface area contributed by atoms with E-state index in [1.165, 1.54) is 0 Å². The molecule has 0 aliphatic carbocycles. The molecule has 0 unspecified atom stereocenters. The molecule has 2 amide bonds. The van der Waals surface area contributed by atoms with Crippen molar-refractivity contribution in [2.45, 2.75) is 26.3 Å². The Labute approximate surface area is 289 Å². The number of para-hydroxylation sites is 1. The highest BCUT2D eigenvalue weighted by Crippen LogP contribution is 2.40. The summed E-state index contributed by atoms with van der Waals surface area (Å²) >= 11 is 0. The highest BCUT2D eigenvalue weighted by Gasteiger charge is 2.29. The van der Waals surface area contributed by atoms with Gasteiger partial charge in [0.15, 0.2) is 17.4 Å².